The van der Waals surface area contributed by atoms with Crippen LogP contribution in [0, 0.1) is 23.2 Å². The fourth-order valence-electron chi connectivity index (χ4n) is 6.71. The second kappa shape index (κ2) is 6.44. The Morgan fingerprint density at radius 2 is 1.73 bits per heavy atom. The van der Waals surface area contributed by atoms with Gasteiger partial charge in [0, 0.05) is 31.2 Å². The summed E-state index contributed by atoms with van der Waals surface area (Å²) in [7, 11) is 0. The minimum Gasteiger partial charge on any atom is -0.356 e. The summed E-state index contributed by atoms with van der Waals surface area (Å²) >= 11 is 0. The molecule has 4 fully saturated rings. The van der Waals surface area contributed by atoms with Crippen LogP contribution in [0.25, 0.3) is 10.9 Å². The Bertz CT molecular complexity index is 770. The highest BCUT2D eigenvalue weighted by Gasteiger charge is 2.50. The third-order valence-electron chi connectivity index (χ3n) is 7.40. The van der Waals surface area contributed by atoms with E-state index in [1.807, 2.05) is 0 Å². The molecule has 4 aliphatic carbocycles. The van der Waals surface area contributed by atoms with Crippen LogP contribution < -0.4 is 5.32 Å². The molecule has 0 spiro atoms. The third-order valence-corrected chi connectivity index (χ3v) is 7.40. The molecule has 1 N–H and O–H groups in total. The van der Waals surface area contributed by atoms with Crippen LogP contribution in [-0.4, -0.2) is 17.0 Å². The molecular formula is C23H30N2O. The van der Waals surface area contributed by atoms with Crippen molar-refractivity contribution in [2.45, 2.75) is 57.9 Å². The summed E-state index contributed by atoms with van der Waals surface area (Å²) in [6.45, 7) is 1.63. The lowest BCUT2D eigenvalue weighted by Gasteiger charge is -2.57. The van der Waals surface area contributed by atoms with E-state index in [4.69, 9.17) is 0 Å². The molecule has 0 aliphatic heterocycles. The Kier molecular flexibility index (Phi) is 4.06. The van der Waals surface area contributed by atoms with Crippen LogP contribution in [0.3, 0.4) is 0 Å². The van der Waals surface area contributed by atoms with Gasteiger partial charge in [0.2, 0.25) is 5.91 Å². The van der Waals surface area contributed by atoms with Gasteiger partial charge in [0.25, 0.3) is 0 Å². The average molecular weight is 351 g/mol. The lowest BCUT2D eigenvalue weighted by Crippen LogP contribution is -2.47. The molecule has 0 atom stereocenters. The average Bonchev–Trinajstić information content (AvgIpc) is 3.02. The molecular weight excluding hydrogens is 320 g/mol. The molecule has 0 saturated heterocycles. The molecule has 1 aromatic heterocycles. The van der Waals surface area contributed by atoms with Crippen molar-refractivity contribution in [1.82, 2.24) is 9.88 Å². The summed E-state index contributed by atoms with van der Waals surface area (Å²) in [6.07, 6.45) is 12.7. The number of fused-ring (bicyclic) bond motifs is 1. The zero-order valence-electron chi connectivity index (χ0n) is 15.6. The van der Waals surface area contributed by atoms with Crippen molar-refractivity contribution >= 4 is 16.8 Å². The number of rotatable bonds is 6. The molecule has 2 aromatic rings. The second-order valence-corrected chi connectivity index (χ2v) is 9.34. The number of hydrogen-bond acceptors (Lipinski definition) is 1. The molecule has 4 bridgehead atoms. The Hall–Kier alpha value is -1.77. The SMILES string of the molecule is O=C(CCn1ccc2ccccc21)NCCC12CC3CC(CC(C3)C1)C2. The first kappa shape index (κ1) is 16.4. The molecule has 1 amide bonds. The molecule has 4 aliphatic rings. The first-order chi connectivity index (χ1) is 12.7. The highest BCUT2D eigenvalue weighted by molar-refractivity contribution is 5.80. The van der Waals surface area contributed by atoms with Crippen molar-refractivity contribution in [2.75, 3.05) is 6.54 Å². The highest BCUT2D eigenvalue weighted by Crippen LogP contribution is 2.61. The quantitative estimate of drug-likeness (QED) is 0.801. The zero-order chi connectivity index (χ0) is 17.6. The van der Waals surface area contributed by atoms with Crippen molar-refractivity contribution in [1.29, 1.82) is 0 Å². The zero-order valence-corrected chi connectivity index (χ0v) is 15.6. The number of amides is 1. The van der Waals surface area contributed by atoms with Gasteiger partial charge in [-0.2, -0.15) is 0 Å². The van der Waals surface area contributed by atoms with Gasteiger partial charge < -0.3 is 9.88 Å². The second-order valence-electron chi connectivity index (χ2n) is 9.34. The summed E-state index contributed by atoms with van der Waals surface area (Å²) < 4.78 is 2.19. The van der Waals surface area contributed by atoms with Gasteiger partial charge in [0.15, 0.2) is 0 Å². The molecule has 3 nitrogen and oxygen atoms in total. The van der Waals surface area contributed by atoms with Gasteiger partial charge in [-0.15, -0.1) is 0 Å². The number of carbonyl (C=O) groups excluding carboxylic acids is 1. The Labute approximate surface area is 156 Å². The maximum Gasteiger partial charge on any atom is 0.221 e. The maximum atomic E-state index is 12.3. The van der Waals surface area contributed by atoms with Crippen LogP contribution in [0.4, 0.5) is 0 Å². The van der Waals surface area contributed by atoms with Crippen molar-refractivity contribution in [3.63, 3.8) is 0 Å². The van der Waals surface area contributed by atoms with E-state index in [0.717, 1.165) is 30.8 Å². The number of hydrogen-bond donors (Lipinski definition) is 1. The number of para-hydroxylation sites is 1. The minimum absolute atomic E-state index is 0.201. The molecule has 1 heterocycles. The number of aromatic nitrogens is 1. The molecule has 4 saturated carbocycles. The van der Waals surface area contributed by atoms with E-state index in [1.165, 1.54) is 55.8 Å². The fourth-order valence-corrected chi connectivity index (χ4v) is 6.71. The van der Waals surface area contributed by atoms with Gasteiger partial charge in [-0.3, -0.25) is 4.79 Å². The molecule has 1 aromatic carbocycles. The van der Waals surface area contributed by atoms with E-state index in [1.54, 1.807) is 0 Å². The smallest absolute Gasteiger partial charge is 0.221 e. The van der Waals surface area contributed by atoms with Crippen molar-refractivity contribution < 1.29 is 4.79 Å². The van der Waals surface area contributed by atoms with Crippen LogP contribution in [0.5, 0.6) is 0 Å². The van der Waals surface area contributed by atoms with Crippen LogP contribution in [0.15, 0.2) is 36.5 Å². The third kappa shape index (κ3) is 3.06. The van der Waals surface area contributed by atoms with Crippen LogP contribution in [0.2, 0.25) is 0 Å². The van der Waals surface area contributed by atoms with Gasteiger partial charge in [0.1, 0.15) is 0 Å². The predicted octanol–water partition coefficient (Wildman–Crippen LogP) is 4.75. The standard InChI is InChI=1S/C23H30N2O/c26-22(6-10-25-9-5-20-3-1-2-4-21(20)25)24-8-7-23-14-17-11-18(15-23)13-19(12-17)16-23/h1-5,9,17-19H,6-8,10-16H2,(H,24,26). The number of nitrogens with zero attached hydrogens (tertiary/aromatic N) is 1. The first-order valence-electron chi connectivity index (χ1n) is 10.5. The van der Waals surface area contributed by atoms with Gasteiger partial charge >= 0.3 is 0 Å². The van der Waals surface area contributed by atoms with E-state index in [0.29, 0.717) is 11.8 Å². The van der Waals surface area contributed by atoms with Crippen LogP contribution >= 0.6 is 0 Å². The molecule has 0 unspecified atom stereocenters. The Morgan fingerprint density at radius 3 is 2.46 bits per heavy atom. The largest absolute Gasteiger partial charge is 0.356 e. The highest BCUT2D eigenvalue weighted by atomic mass is 16.1. The van der Waals surface area contributed by atoms with E-state index < -0.39 is 0 Å². The predicted molar refractivity (Wildman–Crippen MR) is 105 cm³/mol. The minimum atomic E-state index is 0.201. The van der Waals surface area contributed by atoms with Gasteiger partial charge in [-0.05, 0) is 85.6 Å². The topological polar surface area (TPSA) is 34.0 Å². The number of aryl methyl sites for hydroxylation is 1. The van der Waals surface area contributed by atoms with Crippen molar-refractivity contribution in [3.05, 3.63) is 36.5 Å². The molecule has 26 heavy (non-hydrogen) atoms. The number of carbonyl (C=O) groups is 1. The summed E-state index contributed by atoms with van der Waals surface area (Å²) in [5.74, 6) is 3.20. The van der Waals surface area contributed by atoms with Gasteiger partial charge in [-0.25, -0.2) is 0 Å². The molecule has 138 valence electrons. The Morgan fingerprint density at radius 1 is 1.04 bits per heavy atom. The normalized spacial score (nSPS) is 32.2. The summed E-state index contributed by atoms with van der Waals surface area (Å²) in [5.41, 5.74) is 1.78. The van der Waals surface area contributed by atoms with Crippen LogP contribution in [0.1, 0.15) is 51.4 Å². The van der Waals surface area contributed by atoms with Gasteiger partial charge in [-0.1, -0.05) is 18.2 Å². The monoisotopic (exact) mass is 350 g/mol. The Balaban J connectivity index is 1.11. The number of nitrogens with one attached hydrogen (secondary N) is 1. The van der Waals surface area contributed by atoms with E-state index >= 15 is 0 Å². The van der Waals surface area contributed by atoms with Crippen molar-refractivity contribution in [2.24, 2.45) is 23.2 Å². The van der Waals surface area contributed by atoms with Gasteiger partial charge in [0.05, 0.1) is 0 Å². The summed E-state index contributed by atoms with van der Waals surface area (Å²) in [6, 6.07) is 10.5. The molecule has 6 rings (SSSR count). The van der Waals surface area contributed by atoms with E-state index in [2.05, 4.69) is 46.4 Å². The van der Waals surface area contributed by atoms with E-state index in [-0.39, 0.29) is 5.91 Å². The lowest BCUT2D eigenvalue weighted by atomic mass is 9.49. The lowest BCUT2D eigenvalue weighted by molar-refractivity contribution is -0.121. The first-order valence-corrected chi connectivity index (χ1v) is 10.5. The number of benzene rings is 1. The van der Waals surface area contributed by atoms with E-state index in [9.17, 15) is 4.79 Å². The summed E-state index contributed by atoms with van der Waals surface area (Å²) in [5, 5.41) is 4.46. The summed E-state index contributed by atoms with van der Waals surface area (Å²) in [4.78, 5) is 12.3. The van der Waals surface area contributed by atoms with Crippen molar-refractivity contribution in [3.8, 4) is 0 Å². The maximum absolute atomic E-state index is 12.3. The van der Waals surface area contributed by atoms with Crippen LogP contribution in [-0.2, 0) is 11.3 Å². The molecule has 0 radical (unpaired) electrons. The fraction of sp³-hybridized carbons (Fsp3) is 0.609. The molecule has 3 heteroatoms.